The second-order valence-electron chi connectivity index (χ2n) is 7.51. The first kappa shape index (κ1) is 26.7. The summed E-state index contributed by atoms with van der Waals surface area (Å²) in [5.74, 6) is 0.530. The molecule has 0 heterocycles. The summed E-state index contributed by atoms with van der Waals surface area (Å²) in [5, 5.41) is 2.95. The van der Waals surface area contributed by atoms with Gasteiger partial charge in [0.25, 0.3) is 15.9 Å². The number of benzene rings is 3. The van der Waals surface area contributed by atoms with Gasteiger partial charge >= 0.3 is 0 Å². The summed E-state index contributed by atoms with van der Waals surface area (Å²) in [6, 6.07) is 18.4. The molecule has 0 bridgehead atoms. The maximum atomic E-state index is 12.7. The van der Waals surface area contributed by atoms with E-state index in [2.05, 4.69) is 10.0 Å². The molecular formula is C25H27ClN2O5S2. The van der Waals surface area contributed by atoms with Gasteiger partial charge in [0, 0.05) is 10.6 Å². The Bertz CT molecular complexity index is 1250. The lowest BCUT2D eigenvalue weighted by Crippen LogP contribution is -2.31. The smallest absolute Gasteiger partial charge is 0.261 e. The van der Waals surface area contributed by atoms with Gasteiger partial charge in [0.05, 0.1) is 22.6 Å². The van der Waals surface area contributed by atoms with Crippen LogP contribution in [0.1, 0.15) is 25.5 Å². The molecule has 3 rings (SSSR count). The zero-order valence-electron chi connectivity index (χ0n) is 19.6. The zero-order chi connectivity index (χ0) is 25.4. The minimum absolute atomic E-state index is 0.0319. The lowest BCUT2D eigenvalue weighted by Gasteiger charge is -2.16. The lowest BCUT2D eigenvalue weighted by molar-refractivity contribution is -0.123. The number of rotatable bonds is 11. The molecule has 0 aliphatic carbocycles. The van der Waals surface area contributed by atoms with Crippen LogP contribution in [0, 0.1) is 0 Å². The highest BCUT2D eigenvalue weighted by Crippen LogP contribution is 2.29. The molecule has 0 unspecified atom stereocenters. The molecule has 0 radical (unpaired) electrons. The highest BCUT2D eigenvalue weighted by molar-refractivity contribution is 7.98. The van der Waals surface area contributed by atoms with Crippen molar-refractivity contribution in [3.63, 3.8) is 0 Å². The van der Waals surface area contributed by atoms with Crippen LogP contribution < -0.4 is 19.5 Å². The maximum absolute atomic E-state index is 12.7. The van der Waals surface area contributed by atoms with E-state index in [1.807, 2.05) is 44.4 Å². The molecule has 0 aliphatic heterocycles. The molecule has 10 heteroatoms. The molecule has 35 heavy (non-hydrogen) atoms. The third-order valence-corrected chi connectivity index (χ3v) is 7.40. The predicted molar refractivity (Wildman–Crippen MR) is 140 cm³/mol. The van der Waals surface area contributed by atoms with Gasteiger partial charge in [-0.3, -0.25) is 9.52 Å². The first-order valence-corrected chi connectivity index (χ1v) is 13.9. The summed E-state index contributed by atoms with van der Waals surface area (Å²) >= 11 is 7.89. The number of halogens is 1. The first-order valence-electron chi connectivity index (χ1n) is 10.8. The van der Waals surface area contributed by atoms with Crippen molar-refractivity contribution in [2.45, 2.75) is 29.7 Å². The molecule has 3 aromatic carbocycles. The topological polar surface area (TPSA) is 93.7 Å². The van der Waals surface area contributed by atoms with Crippen molar-refractivity contribution in [2.75, 3.05) is 24.2 Å². The van der Waals surface area contributed by atoms with E-state index in [9.17, 15) is 13.2 Å². The van der Waals surface area contributed by atoms with Gasteiger partial charge in [-0.2, -0.15) is 0 Å². The third-order valence-electron chi connectivity index (χ3n) is 4.98. The van der Waals surface area contributed by atoms with Crippen molar-refractivity contribution >= 4 is 45.0 Å². The van der Waals surface area contributed by atoms with Crippen LogP contribution in [0.25, 0.3) is 0 Å². The number of hydrogen-bond donors (Lipinski definition) is 2. The molecule has 186 valence electrons. The van der Waals surface area contributed by atoms with Gasteiger partial charge in [-0.15, -0.1) is 11.8 Å². The van der Waals surface area contributed by atoms with Gasteiger partial charge in [-0.25, -0.2) is 8.42 Å². The van der Waals surface area contributed by atoms with Crippen molar-refractivity contribution in [2.24, 2.45) is 0 Å². The monoisotopic (exact) mass is 534 g/mol. The van der Waals surface area contributed by atoms with Crippen LogP contribution in [-0.4, -0.2) is 33.8 Å². The molecule has 0 saturated heterocycles. The number of carbonyl (C=O) groups excluding carboxylic acids is 1. The summed E-state index contributed by atoms with van der Waals surface area (Å²) < 4.78 is 38.8. The average Bonchev–Trinajstić information content (AvgIpc) is 2.84. The summed E-state index contributed by atoms with van der Waals surface area (Å²) in [5.41, 5.74) is 1.36. The fraction of sp³-hybridized carbons (Fsp3) is 0.240. The van der Waals surface area contributed by atoms with Crippen LogP contribution in [-0.2, 0) is 14.8 Å². The summed E-state index contributed by atoms with van der Waals surface area (Å²) in [6.07, 6.45) is 2.00. The fourth-order valence-electron chi connectivity index (χ4n) is 3.17. The lowest BCUT2D eigenvalue weighted by atomic mass is 10.1. The number of ether oxygens (including phenoxy) is 2. The molecule has 0 aromatic heterocycles. The largest absolute Gasteiger partial charge is 0.494 e. The van der Waals surface area contributed by atoms with E-state index in [0.717, 1.165) is 10.5 Å². The van der Waals surface area contributed by atoms with E-state index in [1.165, 1.54) is 18.2 Å². The molecule has 0 saturated carbocycles. The number of carbonyl (C=O) groups is 1. The van der Waals surface area contributed by atoms with Crippen molar-refractivity contribution in [1.82, 2.24) is 5.32 Å². The van der Waals surface area contributed by atoms with Gasteiger partial charge in [0.1, 0.15) is 11.5 Å². The molecule has 1 amide bonds. The molecule has 0 fully saturated rings. The third kappa shape index (κ3) is 7.55. The van der Waals surface area contributed by atoms with Gasteiger partial charge < -0.3 is 14.8 Å². The van der Waals surface area contributed by atoms with Crippen LogP contribution in [0.5, 0.6) is 11.5 Å². The van der Waals surface area contributed by atoms with E-state index in [0.29, 0.717) is 18.0 Å². The van der Waals surface area contributed by atoms with Gasteiger partial charge in [-0.1, -0.05) is 23.7 Å². The first-order chi connectivity index (χ1) is 16.7. The molecule has 0 aliphatic rings. The van der Waals surface area contributed by atoms with Crippen LogP contribution in [0.15, 0.2) is 76.5 Å². The van der Waals surface area contributed by atoms with Gasteiger partial charge in [0.2, 0.25) is 0 Å². The van der Waals surface area contributed by atoms with Gasteiger partial charge in [0.15, 0.2) is 6.61 Å². The highest BCUT2D eigenvalue weighted by atomic mass is 35.5. The highest BCUT2D eigenvalue weighted by Gasteiger charge is 2.17. The van der Waals surface area contributed by atoms with Crippen molar-refractivity contribution in [3.05, 3.63) is 77.3 Å². The number of thioether (sulfide) groups is 1. The summed E-state index contributed by atoms with van der Waals surface area (Å²) in [4.78, 5) is 13.4. The number of amides is 1. The predicted octanol–water partition coefficient (Wildman–Crippen LogP) is 5.52. The maximum Gasteiger partial charge on any atom is 0.261 e. The number of anilines is 1. The van der Waals surface area contributed by atoms with Crippen LogP contribution >= 0.6 is 23.4 Å². The normalized spacial score (nSPS) is 12.0. The summed E-state index contributed by atoms with van der Waals surface area (Å²) in [6.45, 7) is 4.01. The van der Waals surface area contributed by atoms with E-state index in [1.54, 1.807) is 36.0 Å². The van der Waals surface area contributed by atoms with E-state index in [4.69, 9.17) is 21.1 Å². The molecule has 2 N–H and O–H groups in total. The molecule has 0 spiro atoms. The Balaban J connectivity index is 1.58. The Labute approximate surface area is 215 Å². The SMILES string of the molecule is CCOc1ccc(NS(=O)(=O)c2ccc(OCC(=O)N[C@@H](C)c3ccc(SC)cc3)c(Cl)c2)cc1. The second-order valence-corrected chi connectivity index (χ2v) is 10.5. The number of nitrogens with one attached hydrogen (secondary N) is 2. The Kier molecular flexibility index (Phi) is 9.31. The van der Waals surface area contributed by atoms with Crippen molar-refractivity contribution in [3.8, 4) is 11.5 Å². The molecule has 3 aromatic rings. The van der Waals surface area contributed by atoms with Crippen LogP contribution in [0.4, 0.5) is 5.69 Å². The second kappa shape index (κ2) is 12.2. The Morgan fingerprint density at radius 3 is 2.31 bits per heavy atom. The standard InChI is InChI=1S/C25H27ClN2O5S2/c1-4-32-20-9-7-19(8-10-20)28-35(30,31)22-13-14-24(23(26)15-22)33-16-25(29)27-17(2)18-5-11-21(34-3)12-6-18/h5-15,17,28H,4,16H2,1-3H3,(H,27,29)/t17-/m0/s1. The van der Waals surface area contributed by atoms with Crippen LogP contribution in [0.2, 0.25) is 5.02 Å². The van der Waals surface area contributed by atoms with E-state index in [-0.39, 0.29) is 34.2 Å². The zero-order valence-corrected chi connectivity index (χ0v) is 22.0. The van der Waals surface area contributed by atoms with Crippen molar-refractivity contribution < 1.29 is 22.7 Å². The quantitative estimate of drug-likeness (QED) is 0.315. The van der Waals surface area contributed by atoms with Crippen LogP contribution in [0.3, 0.4) is 0 Å². The Morgan fingerprint density at radius 2 is 1.71 bits per heavy atom. The van der Waals surface area contributed by atoms with E-state index < -0.39 is 10.0 Å². The Hall–Kier alpha value is -2.88. The minimum atomic E-state index is -3.87. The van der Waals surface area contributed by atoms with Gasteiger partial charge in [-0.05, 0) is 80.3 Å². The summed E-state index contributed by atoms with van der Waals surface area (Å²) in [7, 11) is -3.87. The average molecular weight is 535 g/mol. The number of hydrogen-bond acceptors (Lipinski definition) is 6. The minimum Gasteiger partial charge on any atom is -0.494 e. The number of sulfonamides is 1. The Morgan fingerprint density at radius 1 is 1.03 bits per heavy atom. The molecule has 1 atom stereocenters. The molecular weight excluding hydrogens is 508 g/mol. The van der Waals surface area contributed by atoms with E-state index >= 15 is 0 Å². The fourth-order valence-corrected chi connectivity index (χ4v) is 4.96. The molecule has 7 nitrogen and oxygen atoms in total. The van der Waals surface area contributed by atoms with Crippen molar-refractivity contribution in [1.29, 1.82) is 0 Å².